The van der Waals surface area contributed by atoms with E-state index in [1.165, 1.54) is 56.1 Å². The number of thioether (sulfide) groups is 1. The van der Waals surface area contributed by atoms with Crippen LogP contribution in [0.2, 0.25) is 0 Å². The van der Waals surface area contributed by atoms with E-state index in [0.717, 1.165) is 18.7 Å². The van der Waals surface area contributed by atoms with Gasteiger partial charge in [-0.2, -0.15) is 0 Å². The van der Waals surface area contributed by atoms with E-state index in [9.17, 15) is 9.59 Å². The number of hydrogen-bond acceptors (Lipinski definition) is 4. The molecule has 34 heavy (non-hydrogen) atoms. The number of rotatable bonds is 9. The first-order valence-electron chi connectivity index (χ1n) is 13.3. The van der Waals surface area contributed by atoms with E-state index in [1.54, 1.807) is 25.6 Å². The lowest BCUT2D eigenvalue weighted by molar-refractivity contribution is -0.123. The number of carbonyl (C=O) groups is 2. The molecule has 1 aromatic carbocycles. The third kappa shape index (κ3) is 15.5. The van der Waals surface area contributed by atoms with E-state index in [0.29, 0.717) is 12.5 Å². The fourth-order valence-electron chi connectivity index (χ4n) is 3.98. The van der Waals surface area contributed by atoms with Gasteiger partial charge in [0, 0.05) is 18.3 Å². The molecule has 1 aliphatic carbocycles. The van der Waals surface area contributed by atoms with Gasteiger partial charge in [-0.1, -0.05) is 84.1 Å². The molecule has 3 nitrogen and oxygen atoms in total. The van der Waals surface area contributed by atoms with Crippen LogP contribution in [0.4, 0.5) is 0 Å². The van der Waals surface area contributed by atoms with Crippen LogP contribution in [0.25, 0.3) is 0 Å². The average molecular weight is 492 g/mol. The zero-order valence-corrected chi connectivity index (χ0v) is 24.1. The highest BCUT2D eigenvalue weighted by Gasteiger charge is 2.32. The van der Waals surface area contributed by atoms with Gasteiger partial charge >= 0.3 is 0 Å². The maximum absolute atomic E-state index is 11.8. The second kappa shape index (κ2) is 22.1. The summed E-state index contributed by atoms with van der Waals surface area (Å²) in [7, 11) is 0. The van der Waals surface area contributed by atoms with Crippen molar-refractivity contribution in [2.45, 2.75) is 123 Å². The lowest BCUT2D eigenvalue weighted by Crippen LogP contribution is -2.36. The molecule has 196 valence electrons. The largest absolute Gasteiger partial charge is 0.305 e. The summed E-state index contributed by atoms with van der Waals surface area (Å²) in [5.41, 5.74) is 2.98. The number of aryl methyl sites for hydroxylation is 2. The molecule has 0 bridgehead atoms. The Balaban J connectivity index is 0. The van der Waals surface area contributed by atoms with E-state index in [2.05, 4.69) is 56.6 Å². The van der Waals surface area contributed by atoms with E-state index < -0.39 is 4.75 Å². The van der Waals surface area contributed by atoms with Crippen molar-refractivity contribution >= 4 is 23.3 Å². The maximum Gasteiger partial charge on any atom is 0.146 e. The monoisotopic (exact) mass is 491 g/mol. The lowest BCUT2D eigenvalue weighted by atomic mass is 9.97. The van der Waals surface area contributed by atoms with Crippen molar-refractivity contribution in [3.63, 3.8) is 0 Å². The van der Waals surface area contributed by atoms with Gasteiger partial charge < -0.3 is 5.32 Å². The van der Waals surface area contributed by atoms with Crippen LogP contribution in [0.5, 0.6) is 0 Å². The Hall–Kier alpha value is -1.39. The topological polar surface area (TPSA) is 46.2 Å². The van der Waals surface area contributed by atoms with Crippen molar-refractivity contribution in [3.8, 4) is 0 Å². The molecule has 1 aliphatic rings. The highest BCUT2D eigenvalue weighted by atomic mass is 32.2. The third-order valence-electron chi connectivity index (χ3n) is 6.08. The van der Waals surface area contributed by atoms with Gasteiger partial charge in [-0.25, -0.2) is 0 Å². The van der Waals surface area contributed by atoms with Crippen LogP contribution >= 0.6 is 11.8 Å². The Morgan fingerprint density at radius 3 is 1.76 bits per heavy atom. The Kier molecular flexibility index (Phi) is 22.6. The minimum Gasteiger partial charge on any atom is -0.305 e. The van der Waals surface area contributed by atoms with Crippen molar-refractivity contribution in [2.75, 3.05) is 5.88 Å². The Bertz CT molecular complexity index is 630. The summed E-state index contributed by atoms with van der Waals surface area (Å²) in [6.07, 6.45) is 11.8. The van der Waals surface area contributed by atoms with Crippen molar-refractivity contribution < 1.29 is 9.59 Å². The summed E-state index contributed by atoms with van der Waals surface area (Å²) in [6, 6.07) is 9.21. The molecule has 2 rings (SSSR count). The van der Waals surface area contributed by atoms with Crippen LogP contribution in [0.15, 0.2) is 37.4 Å². The molecule has 1 aromatic rings. The van der Waals surface area contributed by atoms with Gasteiger partial charge in [-0.15, -0.1) is 24.9 Å². The molecule has 0 heterocycles. The molecular weight excluding hydrogens is 438 g/mol. The van der Waals surface area contributed by atoms with E-state index >= 15 is 0 Å². The maximum atomic E-state index is 11.8. The Morgan fingerprint density at radius 1 is 0.941 bits per heavy atom. The molecular formula is C30H53NO2S. The van der Waals surface area contributed by atoms with E-state index in [1.807, 2.05) is 20.8 Å². The van der Waals surface area contributed by atoms with Crippen LogP contribution in [0.3, 0.4) is 0 Å². The smallest absolute Gasteiger partial charge is 0.146 e. The van der Waals surface area contributed by atoms with Crippen molar-refractivity contribution in [1.82, 2.24) is 5.32 Å². The van der Waals surface area contributed by atoms with Crippen molar-refractivity contribution in [1.29, 1.82) is 0 Å². The number of carbonyl (C=O) groups excluding carboxylic acids is 2. The zero-order valence-electron chi connectivity index (χ0n) is 23.3. The summed E-state index contributed by atoms with van der Waals surface area (Å²) in [5.74, 6) is 0.937. The number of hydrogen-bond donors (Lipinski definition) is 1. The molecule has 0 saturated heterocycles. The van der Waals surface area contributed by atoms with Crippen LogP contribution in [0.1, 0.15) is 111 Å². The molecule has 1 unspecified atom stereocenters. The highest BCUT2D eigenvalue weighted by Crippen LogP contribution is 2.30. The zero-order chi connectivity index (χ0) is 26.4. The highest BCUT2D eigenvalue weighted by molar-refractivity contribution is 8.01. The normalized spacial score (nSPS) is 15.4. The summed E-state index contributed by atoms with van der Waals surface area (Å²) in [5, 5.41) is 3.57. The molecule has 0 radical (unpaired) electrons. The standard InChI is InChI=1S/C16H29NO2S.C10H14.C2H6.C2H4/c1-13(18)11-16(3,14(2)19)20-12-17-15-9-7-5-4-6-8-10-15;1-3-9-7-5-6-8-10(9)4-2;2*1-2/h15,17H,4-12H2,1-3H3;5-8H,3-4H2,1-2H3;1-2H3;1-2H2. The predicted molar refractivity (Wildman–Crippen MR) is 154 cm³/mol. The fraction of sp³-hybridized carbons (Fsp3) is 0.667. The van der Waals surface area contributed by atoms with Gasteiger partial charge in [-0.3, -0.25) is 9.59 Å². The molecule has 4 heteroatoms. The summed E-state index contributed by atoms with van der Waals surface area (Å²) < 4.78 is -0.569. The minimum absolute atomic E-state index is 0.0844. The molecule has 0 aromatic heterocycles. The summed E-state index contributed by atoms with van der Waals surface area (Å²) in [6.45, 7) is 19.4. The fourth-order valence-corrected chi connectivity index (χ4v) is 5.12. The van der Waals surface area contributed by atoms with Gasteiger partial charge in [0.2, 0.25) is 0 Å². The van der Waals surface area contributed by atoms with Gasteiger partial charge in [0.25, 0.3) is 0 Å². The van der Waals surface area contributed by atoms with Crippen molar-refractivity contribution in [3.05, 3.63) is 48.6 Å². The minimum atomic E-state index is -0.569. The first-order valence-corrected chi connectivity index (χ1v) is 14.3. The Morgan fingerprint density at radius 2 is 1.38 bits per heavy atom. The van der Waals surface area contributed by atoms with Crippen LogP contribution in [0, 0.1) is 0 Å². The van der Waals surface area contributed by atoms with E-state index in [4.69, 9.17) is 0 Å². The summed E-state index contributed by atoms with van der Waals surface area (Å²) in [4.78, 5) is 23.1. The molecule has 0 amide bonds. The Labute approximate surface area is 216 Å². The van der Waals surface area contributed by atoms with Crippen molar-refractivity contribution in [2.24, 2.45) is 0 Å². The summed E-state index contributed by atoms with van der Waals surface area (Å²) >= 11 is 1.58. The number of nitrogens with one attached hydrogen (secondary N) is 1. The average Bonchev–Trinajstić information content (AvgIpc) is 2.82. The van der Waals surface area contributed by atoms with Crippen LogP contribution in [-0.4, -0.2) is 28.2 Å². The van der Waals surface area contributed by atoms with Gasteiger partial charge in [0.1, 0.15) is 11.6 Å². The predicted octanol–water partition coefficient (Wildman–Crippen LogP) is 8.35. The number of ketones is 2. The number of benzene rings is 1. The van der Waals surface area contributed by atoms with Gasteiger partial charge in [-0.05, 0) is 57.6 Å². The quantitative estimate of drug-likeness (QED) is 0.278. The number of Topliss-reactive ketones (excluding diaryl/α,β-unsaturated/α-hetero) is 2. The van der Waals surface area contributed by atoms with Gasteiger partial charge in [0.15, 0.2) is 0 Å². The second-order valence-corrected chi connectivity index (χ2v) is 10.2. The first-order chi connectivity index (χ1) is 16.3. The van der Waals surface area contributed by atoms with E-state index in [-0.39, 0.29) is 11.6 Å². The van der Waals surface area contributed by atoms with Gasteiger partial charge in [0.05, 0.1) is 4.75 Å². The van der Waals surface area contributed by atoms with Crippen LogP contribution in [-0.2, 0) is 22.4 Å². The molecule has 1 fully saturated rings. The molecule has 0 spiro atoms. The molecule has 1 N–H and O–H groups in total. The molecule has 1 saturated carbocycles. The molecule has 0 aliphatic heterocycles. The lowest BCUT2D eigenvalue weighted by Gasteiger charge is -2.27. The second-order valence-electron chi connectivity index (χ2n) is 8.68. The van der Waals surface area contributed by atoms with Crippen LogP contribution < -0.4 is 5.32 Å². The third-order valence-corrected chi connectivity index (χ3v) is 7.46. The molecule has 1 atom stereocenters. The first kappa shape index (κ1) is 34.8. The SMILES string of the molecule is C=C.CC.CC(=O)CC(C)(SCNC1CCCCCCC1)C(C)=O.CCc1ccccc1CC.